The lowest BCUT2D eigenvalue weighted by atomic mass is 9.70. The van der Waals surface area contributed by atoms with Gasteiger partial charge in [-0.2, -0.15) is 0 Å². The largest absolute Gasteiger partial charge is 0.573 e. The fourth-order valence-electron chi connectivity index (χ4n) is 5.43. The van der Waals surface area contributed by atoms with Crippen molar-refractivity contribution < 1.29 is 40.6 Å². The molecule has 4 rings (SSSR count). The van der Waals surface area contributed by atoms with Crippen LogP contribution in [0.3, 0.4) is 0 Å². The van der Waals surface area contributed by atoms with Gasteiger partial charge in [0.05, 0.1) is 13.2 Å². The van der Waals surface area contributed by atoms with Gasteiger partial charge in [0.15, 0.2) is 0 Å². The second-order valence-electron chi connectivity index (χ2n) is 10.9. The number of hydrogen-bond donors (Lipinski definition) is 1. The molecule has 0 aliphatic carbocycles. The predicted molar refractivity (Wildman–Crippen MR) is 147 cm³/mol. The zero-order valence-electron chi connectivity index (χ0n) is 23.4. The molecule has 0 saturated carbocycles. The average Bonchev–Trinajstić information content (AvgIpc) is 2.92. The SMILES string of the molecule is CC(C)(CNCC(Cc1ccccc1)(c1cccc(OC(F)(F)F)c1)c1cccc(OC(F)(F)F)c1)N1CCOCC1. The van der Waals surface area contributed by atoms with Crippen LogP contribution < -0.4 is 14.8 Å². The fraction of sp³-hybridized carbons (Fsp3) is 0.419. The van der Waals surface area contributed by atoms with E-state index in [1.54, 1.807) is 12.1 Å². The van der Waals surface area contributed by atoms with E-state index in [9.17, 15) is 26.3 Å². The van der Waals surface area contributed by atoms with E-state index >= 15 is 0 Å². The molecule has 3 aromatic rings. The number of alkyl halides is 6. The summed E-state index contributed by atoms with van der Waals surface area (Å²) in [6.45, 7) is 7.58. The lowest BCUT2D eigenvalue weighted by Gasteiger charge is -2.42. The highest BCUT2D eigenvalue weighted by Gasteiger charge is 2.39. The van der Waals surface area contributed by atoms with E-state index < -0.39 is 29.6 Å². The Hall–Kier alpha value is -3.28. The summed E-state index contributed by atoms with van der Waals surface area (Å²) in [5, 5.41) is 3.51. The van der Waals surface area contributed by atoms with Gasteiger partial charge in [-0.25, -0.2) is 0 Å². The number of hydrogen-bond acceptors (Lipinski definition) is 5. The highest BCUT2D eigenvalue weighted by molar-refractivity contribution is 5.47. The van der Waals surface area contributed by atoms with Crippen molar-refractivity contribution in [1.82, 2.24) is 10.2 Å². The smallest absolute Gasteiger partial charge is 0.406 e. The van der Waals surface area contributed by atoms with Gasteiger partial charge < -0.3 is 19.5 Å². The summed E-state index contributed by atoms with van der Waals surface area (Å²) in [5.74, 6) is -0.845. The molecule has 1 aliphatic rings. The van der Waals surface area contributed by atoms with Crippen molar-refractivity contribution in [1.29, 1.82) is 0 Å². The molecular weight excluding hydrogens is 562 g/mol. The lowest BCUT2D eigenvalue weighted by molar-refractivity contribution is -0.275. The Kier molecular flexibility index (Phi) is 9.74. The molecule has 0 bridgehead atoms. The van der Waals surface area contributed by atoms with Crippen molar-refractivity contribution in [2.75, 3.05) is 39.4 Å². The van der Waals surface area contributed by atoms with Crippen molar-refractivity contribution in [2.24, 2.45) is 0 Å². The number of morpholine rings is 1. The van der Waals surface area contributed by atoms with Gasteiger partial charge >= 0.3 is 12.7 Å². The first-order chi connectivity index (χ1) is 19.8. The van der Waals surface area contributed by atoms with E-state index in [-0.39, 0.29) is 18.5 Å². The number of benzene rings is 3. The normalized spacial score (nSPS) is 15.4. The number of nitrogens with zero attached hydrogens (tertiary/aromatic N) is 1. The summed E-state index contributed by atoms with van der Waals surface area (Å²) in [6.07, 6.45) is -9.56. The van der Waals surface area contributed by atoms with Crippen LogP contribution in [0.2, 0.25) is 0 Å². The standard InChI is InChI=1S/C31H34F6N2O3/c1-28(2,39-14-16-40-17-15-39)21-38-22-29(20-23-8-4-3-5-9-23,24-10-6-12-26(18-24)41-30(32,33)34)25-11-7-13-27(19-25)42-31(35,36)37/h3-13,18-19,38H,14-17,20-22H2,1-2H3. The Morgan fingerprint density at radius 3 is 1.74 bits per heavy atom. The van der Waals surface area contributed by atoms with Crippen LogP contribution in [0.4, 0.5) is 26.3 Å². The van der Waals surface area contributed by atoms with Gasteiger partial charge in [0.1, 0.15) is 11.5 Å². The van der Waals surface area contributed by atoms with Crippen molar-refractivity contribution in [2.45, 2.75) is 43.9 Å². The van der Waals surface area contributed by atoms with E-state index in [2.05, 4.69) is 33.5 Å². The summed E-state index contributed by atoms with van der Waals surface area (Å²) in [7, 11) is 0. The van der Waals surface area contributed by atoms with Gasteiger partial charge in [0.25, 0.3) is 0 Å². The third kappa shape index (κ3) is 8.62. The van der Waals surface area contributed by atoms with Crippen molar-refractivity contribution in [3.05, 3.63) is 95.6 Å². The van der Waals surface area contributed by atoms with Crippen LogP contribution in [0.1, 0.15) is 30.5 Å². The fourth-order valence-corrected chi connectivity index (χ4v) is 5.43. The van der Waals surface area contributed by atoms with E-state index in [4.69, 9.17) is 4.74 Å². The van der Waals surface area contributed by atoms with Gasteiger partial charge in [0, 0.05) is 37.1 Å². The Labute approximate surface area is 241 Å². The molecule has 11 heteroatoms. The lowest BCUT2D eigenvalue weighted by Crippen LogP contribution is -2.56. The average molecular weight is 597 g/mol. The Morgan fingerprint density at radius 1 is 0.714 bits per heavy atom. The molecule has 1 aliphatic heterocycles. The van der Waals surface area contributed by atoms with Gasteiger partial charge in [0.2, 0.25) is 0 Å². The maximum absolute atomic E-state index is 13.2. The Morgan fingerprint density at radius 2 is 1.24 bits per heavy atom. The number of rotatable bonds is 11. The van der Waals surface area contributed by atoms with Crippen LogP contribution in [0.25, 0.3) is 0 Å². The molecule has 5 nitrogen and oxygen atoms in total. The molecule has 0 amide bonds. The molecule has 1 heterocycles. The number of halogens is 6. The van der Waals surface area contributed by atoms with Crippen LogP contribution in [-0.2, 0) is 16.6 Å². The zero-order chi connectivity index (χ0) is 30.4. The van der Waals surface area contributed by atoms with Crippen LogP contribution in [0.15, 0.2) is 78.9 Å². The first-order valence-corrected chi connectivity index (χ1v) is 13.6. The van der Waals surface area contributed by atoms with Crippen molar-refractivity contribution in [3.8, 4) is 11.5 Å². The second-order valence-corrected chi connectivity index (χ2v) is 10.9. The van der Waals surface area contributed by atoms with Gasteiger partial charge in [-0.1, -0.05) is 54.6 Å². The van der Waals surface area contributed by atoms with E-state index in [1.165, 1.54) is 36.4 Å². The molecule has 0 unspecified atom stereocenters. The predicted octanol–water partition coefficient (Wildman–Crippen LogP) is 6.71. The first-order valence-electron chi connectivity index (χ1n) is 13.6. The highest BCUT2D eigenvalue weighted by Crippen LogP contribution is 2.40. The van der Waals surface area contributed by atoms with Gasteiger partial charge in [-0.05, 0) is 61.2 Å². The summed E-state index contributed by atoms with van der Waals surface area (Å²) >= 11 is 0. The van der Waals surface area contributed by atoms with Crippen LogP contribution in [0.5, 0.6) is 11.5 Å². The molecule has 1 saturated heterocycles. The maximum Gasteiger partial charge on any atom is 0.573 e. The van der Waals surface area contributed by atoms with Gasteiger partial charge in [-0.3, -0.25) is 4.90 Å². The molecule has 0 spiro atoms. The summed E-state index contributed by atoms with van der Waals surface area (Å²) in [5.41, 5.74) is 0.308. The molecule has 0 radical (unpaired) electrons. The summed E-state index contributed by atoms with van der Waals surface area (Å²) in [6, 6.07) is 20.5. The summed E-state index contributed by atoms with van der Waals surface area (Å²) < 4.78 is 93.1. The Bertz CT molecular complexity index is 1230. The monoisotopic (exact) mass is 596 g/mol. The third-order valence-corrected chi connectivity index (χ3v) is 7.44. The van der Waals surface area contributed by atoms with E-state index in [0.717, 1.165) is 18.7 Å². The molecule has 3 aromatic carbocycles. The third-order valence-electron chi connectivity index (χ3n) is 7.44. The molecule has 0 atom stereocenters. The number of nitrogens with one attached hydrogen (secondary N) is 1. The Balaban J connectivity index is 1.80. The molecule has 1 fully saturated rings. The van der Waals surface area contributed by atoms with Crippen LogP contribution >= 0.6 is 0 Å². The van der Waals surface area contributed by atoms with Gasteiger partial charge in [-0.15, -0.1) is 26.3 Å². The summed E-state index contributed by atoms with van der Waals surface area (Å²) in [4.78, 5) is 2.29. The van der Waals surface area contributed by atoms with Crippen molar-refractivity contribution >= 4 is 0 Å². The molecule has 42 heavy (non-hydrogen) atoms. The molecule has 0 aromatic heterocycles. The minimum absolute atomic E-state index is 0.195. The van der Waals surface area contributed by atoms with E-state index in [0.29, 0.717) is 30.9 Å². The second kappa shape index (κ2) is 12.9. The quantitative estimate of drug-likeness (QED) is 0.249. The molecule has 1 N–H and O–H groups in total. The topological polar surface area (TPSA) is 43.0 Å². The molecular formula is C31H34F6N2O3. The zero-order valence-corrected chi connectivity index (χ0v) is 23.4. The first kappa shape index (κ1) is 31.7. The minimum Gasteiger partial charge on any atom is -0.406 e. The minimum atomic E-state index is -4.92. The number of ether oxygens (including phenoxy) is 3. The highest BCUT2D eigenvalue weighted by atomic mass is 19.4. The van der Waals surface area contributed by atoms with E-state index in [1.807, 2.05) is 30.3 Å². The maximum atomic E-state index is 13.2. The molecule has 228 valence electrons. The van der Waals surface area contributed by atoms with Crippen LogP contribution in [-0.4, -0.2) is 62.6 Å². The van der Waals surface area contributed by atoms with Crippen molar-refractivity contribution in [3.63, 3.8) is 0 Å². The van der Waals surface area contributed by atoms with Crippen LogP contribution in [0, 0.1) is 0 Å².